The van der Waals surface area contributed by atoms with Crippen molar-refractivity contribution in [2.24, 2.45) is 0 Å². The first-order valence-electron chi connectivity index (χ1n) is 12.0. The Bertz CT molecular complexity index is 1330. The highest BCUT2D eigenvalue weighted by atomic mass is 16.5. The summed E-state index contributed by atoms with van der Waals surface area (Å²) in [6.45, 7) is 8.61. The van der Waals surface area contributed by atoms with E-state index in [1.807, 2.05) is 33.8 Å². The highest BCUT2D eigenvalue weighted by molar-refractivity contribution is 5.99. The normalized spacial score (nSPS) is 15.1. The van der Waals surface area contributed by atoms with Crippen LogP contribution in [0.15, 0.2) is 33.5 Å². The second kappa shape index (κ2) is 10.2. The van der Waals surface area contributed by atoms with Gasteiger partial charge in [0.05, 0.1) is 44.4 Å². The molecule has 2 aromatic carbocycles. The maximum absolute atomic E-state index is 13.9. The summed E-state index contributed by atoms with van der Waals surface area (Å²) >= 11 is 0. The highest BCUT2D eigenvalue weighted by Gasteiger charge is 2.43. The van der Waals surface area contributed by atoms with Gasteiger partial charge < -0.3 is 28.3 Å². The van der Waals surface area contributed by atoms with Crippen LogP contribution in [0, 0.1) is 13.8 Å². The first-order valence-corrected chi connectivity index (χ1v) is 12.0. The number of fused-ring (bicyclic) bond motifs is 2. The number of hydrogen-bond donors (Lipinski definition) is 0. The van der Waals surface area contributed by atoms with Gasteiger partial charge in [-0.15, -0.1) is 0 Å². The number of nitrogens with zero attached hydrogens (tertiary/aromatic N) is 1. The molecule has 2 heterocycles. The van der Waals surface area contributed by atoms with E-state index in [9.17, 15) is 9.59 Å². The summed E-state index contributed by atoms with van der Waals surface area (Å²) in [4.78, 5) is 29.3. The first kappa shape index (κ1) is 25.6. The van der Waals surface area contributed by atoms with Crippen LogP contribution in [0.4, 0.5) is 0 Å². The molecule has 0 radical (unpaired) electrons. The van der Waals surface area contributed by atoms with E-state index in [4.69, 9.17) is 23.4 Å². The van der Waals surface area contributed by atoms with Gasteiger partial charge in [0, 0.05) is 13.2 Å². The van der Waals surface area contributed by atoms with Crippen molar-refractivity contribution in [1.82, 2.24) is 4.90 Å². The number of benzene rings is 2. The average Bonchev–Trinajstić information content (AvgIpc) is 3.11. The predicted octanol–water partition coefficient (Wildman–Crippen LogP) is 4.80. The van der Waals surface area contributed by atoms with Gasteiger partial charge in [-0.05, 0) is 69.0 Å². The third kappa shape index (κ3) is 4.41. The van der Waals surface area contributed by atoms with Gasteiger partial charge in [-0.25, -0.2) is 0 Å². The molecular formula is C28H33NO7. The fourth-order valence-corrected chi connectivity index (χ4v) is 4.90. The fourth-order valence-electron chi connectivity index (χ4n) is 4.90. The van der Waals surface area contributed by atoms with Crippen LogP contribution >= 0.6 is 0 Å². The molecule has 4 rings (SSSR count). The summed E-state index contributed by atoms with van der Waals surface area (Å²) in [6.07, 6.45) is 0.687. The van der Waals surface area contributed by atoms with Gasteiger partial charge in [0.2, 0.25) is 11.5 Å². The summed E-state index contributed by atoms with van der Waals surface area (Å²) in [5.74, 6) is 1.05. The van der Waals surface area contributed by atoms with Crippen LogP contribution in [0.25, 0.3) is 11.0 Å². The molecule has 1 aromatic heterocycles. The van der Waals surface area contributed by atoms with Crippen molar-refractivity contribution in [3.05, 3.63) is 62.5 Å². The summed E-state index contributed by atoms with van der Waals surface area (Å²) in [7, 11) is 4.59. The molecule has 1 aliphatic heterocycles. The van der Waals surface area contributed by atoms with Gasteiger partial charge in [-0.1, -0.05) is 6.07 Å². The average molecular weight is 496 g/mol. The van der Waals surface area contributed by atoms with Crippen molar-refractivity contribution >= 4 is 16.9 Å². The van der Waals surface area contributed by atoms with Crippen LogP contribution < -0.4 is 19.6 Å². The van der Waals surface area contributed by atoms with Crippen LogP contribution in [-0.4, -0.2) is 51.4 Å². The lowest BCUT2D eigenvalue weighted by Crippen LogP contribution is -2.31. The third-order valence-corrected chi connectivity index (χ3v) is 6.41. The number of amides is 1. The van der Waals surface area contributed by atoms with E-state index >= 15 is 0 Å². The van der Waals surface area contributed by atoms with E-state index in [1.54, 1.807) is 23.1 Å². The number of hydrogen-bond acceptors (Lipinski definition) is 7. The molecule has 0 spiro atoms. The minimum absolute atomic E-state index is 0.0704. The Morgan fingerprint density at radius 1 is 0.972 bits per heavy atom. The zero-order chi connectivity index (χ0) is 26.1. The Balaban J connectivity index is 1.93. The van der Waals surface area contributed by atoms with Gasteiger partial charge in [-0.3, -0.25) is 9.59 Å². The summed E-state index contributed by atoms with van der Waals surface area (Å²) < 4.78 is 28.4. The molecule has 8 nitrogen and oxygen atoms in total. The van der Waals surface area contributed by atoms with E-state index in [1.165, 1.54) is 21.3 Å². The monoisotopic (exact) mass is 495 g/mol. The Hall–Kier alpha value is -3.52. The lowest BCUT2D eigenvalue weighted by atomic mass is 9.96. The summed E-state index contributed by atoms with van der Waals surface area (Å²) in [5.41, 5.74) is 2.95. The largest absolute Gasteiger partial charge is 0.493 e. The lowest BCUT2D eigenvalue weighted by Gasteiger charge is -2.26. The Morgan fingerprint density at radius 2 is 1.64 bits per heavy atom. The van der Waals surface area contributed by atoms with Crippen LogP contribution in [0.5, 0.6) is 17.2 Å². The van der Waals surface area contributed by atoms with Crippen molar-refractivity contribution in [2.75, 3.05) is 34.5 Å². The van der Waals surface area contributed by atoms with E-state index in [2.05, 4.69) is 0 Å². The molecule has 0 saturated heterocycles. The number of carbonyl (C=O) groups is 1. The second-order valence-electron chi connectivity index (χ2n) is 9.26. The minimum Gasteiger partial charge on any atom is -0.493 e. The quantitative estimate of drug-likeness (QED) is 0.394. The molecule has 1 aliphatic rings. The number of methoxy groups -OCH3 is 3. The Labute approximate surface area is 210 Å². The van der Waals surface area contributed by atoms with Crippen LogP contribution in [0.3, 0.4) is 0 Å². The second-order valence-corrected chi connectivity index (χ2v) is 9.26. The van der Waals surface area contributed by atoms with E-state index < -0.39 is 6.04 Å². The van der Waals surface area contributed by atoms with Crippen molar-refractivity contribution < 1.29 is 28.2 Å². The SMILES string of the molecule is COc1cc(C2c3c(oc4cc(C)cc(C)c4c3=O)C(=O)N2CCCOC(C)C)cc(OC)c1OC. The standard InChI is InChI=1S/C28H33NO7/c1-15(2)35-10-8-9-29-24(18-13-20(32-5)26(34-7)21(14-18)33-6)23-25(30)22-17(4)11-16(3)12-19(22)36-27(23)28(29)31/h11-15,24H,8-10H2,1-7H3. The van der Waals surface area contributed by atoms with E-state index in [0.717, 1.165) is 11.1 Å². The molecule has 0 fully saturated rings. The topological polar surface area (TPSA) is 87.4 Å². The number of aryl methyl sites for hydroxylation is 2. The molecule has 1 amide bonds. The minimum atomic E-state index is -0.679. The van der Waals surface area contributed by atoms with Crippen molar-refractivity contribution in [1.29, 1.82) is 0 Å². The third-order valence-electron chi connectivity index (χ3n) is 6.41. The molecule has 192 valence electrons. The Kier molecular flexibility index (Phi) is 7.26. The van der Waals surface area contributed by atoms with Crippen molar-refractivity contribution in [2.45, 2.75) is 46.3 Å². The molecular weight excluding hydrogens is 462 g/mol. The van der Waals surface area contributed by atoms with Gasteiger partial charge >= 0.3 is 0 Å². The summed E-state index contributed by atoms with van der Waals surface area (Å²) in [5, 5.41) is 0.481. The maximum atomic E-state index is 13.9. The smallest absolute Gasteiger partial charge is 0.290 e. The van der Waals surface area contributed by atoms with Crippen molar-refractivity contribution in [3.63, 3.8) is 0 Å². The van der Waals surface area contributed by atoms with Crippen LogP contribution in [-0.2, 0) is 4.74 Å². The number of carbonyl (C=O) groups excluding carboxylic acids is 1. The van der Waals surface area contributed by atoms with Crippen molar-refractivity contribution in [3.8, 4) is 17.2 Å². The number of ether oxygens (including phenoxy) is 4. The van der Waals surface area contributed by atoms with Crippen LogP contribution in [0.2, 0.25) is 0 Å². The molecule has 0 bridgehead atoms. The van der Waals surface area contributed by atoms with E-state index in [0.29, 0.717) is 58.9 Å². The van der Waals surface area contributed by atoms with Gasteiger partial charge in [-0.2, -0.15) is 0 Å². The zero-order valence-electron chi connectivity index (χ0n) is 21.9. The lowest BCUT2D eigenvalue weighted by molar-refractivity contribution is 0.0593. The first-order chi connectivity index (χ1) is 17.2. The molecule has 0 aliphatic carbocycles. The highest BCUT2D eigenvalue weighted by Crippen LogP contribution is 2.45. The van der Waals surface area contributed by atoms with Gasteiger partial charge in [0.15, 0.2) is 16.9 Å². The van der Waals surface area contributed by atoms with Gasteiger partial charge in [0.25, 0.3) is 5.91 Å². The van der Waals surface area contributed by atoms with E-state index in [-0.39, 0.29) is 23.2 Å². The molecule has 3 aromatic rings. The number of rotatable bonds is 9. The molecule has 1 atom stereocenters. The maximum Gasteiger partial charge on any atom is 0.290 e. The molecule has 0 N–H and O–H groups in total. The molecule has 36 heavy (non-hydrogen) atoms. The fraction of sp³-hybridized carbons (Fsp3) is 0.429. The molecule has 1 unspecified atom stereocenters. The Morgan fingerprint density at radius 3 is 2.22 bits per heavy atom. The summed E-state index contributed by atoms with van der Waals surface area (Å²) in [6, 6.07) is 6.61. The molecule has 8 heteroatoms. The predicted molar refractivity (Wildman–Crippen MR) is 137 cm³/mol. The van der Waals surface area contributed by atoms with Gasteiger partial charge in [0.1, 0.15) is 5.58 Å². The van der Waals surface area contributed by atoms with Crippen LogP contribution in [0.1, 0.15) is 59.1 Å². The molecule has 0 saturated carbocycles. The zero-order valence-corrected chi connectivity index (χ0v) is 21.9.